The average molecular weight is 315 g/mol. The molecule has 0 aromatic heterocycles. The van der Waals surface area contributed by atoms with Crippen LogP contribution in [-0.4, -0.2) is 47.5 Å². The number of hydrogen-bond acceptors (Lipinski definition) is 2. The third kappa shape index (κ3) is 3.69. The Balaban J connectivity index is 1.59. The van der Waals surface area contributed by atoms with E-state index < -0.39 is 0 Å². The standard InChI is InChI=1S/C19H29N3O/c1-14(2)16-6-8-17(9-7-16)20-19(23)22-13-18(12-15(22)3)21-10-4-5-11-21/h6-9,14-15,18H,4-5,10-13H2,1-3H3,(H,20,23). The molecule has 2 atom stereocenters. The van der Waals surface area contributed by atoms with Crippen molar-refractivity contribution in [3.8, 4) is 0 Å². The molecular weight excluding hydrogens is 286 g/mol. The van der Waals surface area contributed by atoms with E-state index in [1.165, 1.54) is 31.5 Å². The molecule has 2 aliphatic rings. The van der Waals surface area contributed by atoms with Gasteiger partial charge in [-0.25, -0.2) is 4.79 Å². The Kier molecular flexibility index (Phi) is 4.90. The van der Waals surface area contributed by atoms with Crippen LogP contribution in [0.25, 0.3) is 0 Å². The van der Waals surface area contributed by atoms with Crippen LogP contribution in [0.5, 0.6) is 0 Å². The van der Waals surface area contributed by atoms with Crippen molar-refractivity contribution in [1.29, 1.82) is 0 Å². The van der Waals surface area contributed by atoms with E-state index in [1.54, 1.807) is 0 Å². The zero-order valence-electron chi connectivity index (χ0n) is 14.6. The molecule has 0 aliphatic carbocycles. The molecule has 0 bridgehead atoms. The van der Waals surface area contributed by atoms with Gasteiger partial charge in [0, 0.05) is 24.3 Å². The lowest BCUT2D eigenvalue weighted by molar-refractivity contribution is 0.202. The van der Waals surface area contributed by atoms with E-state index in [0.717, 1.165) is 18.7 Å². The minimum atomic E-state index is 0.0384. The molecule has 2 saturated heterocycles. The summed E-state index contributed by atoms with van der Waals surface area (Å²) < 4.78 is 0. The van der Waals surface area contributed by atoms with Gasteiger partial charge in [-0.3, -0.25) is 4.90 Å². The van der Waals surface area contributed by atoms with Crippen LogP contribution in [0.4, 0.5) is 10.5 Å². The Labute approximate surface area is 139 Å². The van der Waals surface area contributed by atoms with Crippen LogP contribution in [0.2, 0.25) is 0 Å². The van der Waals surface area contributed by atoms with Crippen molar-refractivity contribution in [3.05, 3.63) is 29.8 Å². The summed E-state index contributed by atoms with van der Waals surface area (Å²) in [7, 11) is 0. The van der Waals surface area contributed by atoms with Crippen LogP contribution in [-0.2, 0) is 0 Å². The Morgan fingerprint density at radius 3 is 2.43 bits per heavy atom. The monoisotopic (exact) mass is 315 g/mol. The van der Waals surface area contributed by atoms with Gasteiger partial charge in [0.1, 0.15) is 0 Å². The quantitative estimate of drug-likeness (QED) is 0.918. The molecule has 2 heterocycles. The lowest BCUT2D eigenvalue weighted by Gasteiger charge is -2.24. The van der Waals surface area contributed by atoms with Crippen LogP contribution < -0.4 is 5.32 Å². The van der Waals surface area contributed by atoms with Gasteiger partial charge in [0.15, 0.2) is 0 Å². The molecule has 0 saturated carbocycles. The first-order valence-electron chi connectivity index (χ1n) is 8.96. The SMILES string of the molecule is CC(C)c1ccc(NC(=O)N2CC(N3CCCC3)CC2C)cc1. The second kappa shape index (κ2) is 6.91. The number of anilines is 1. The summed E-state index contributed by atoms with van der Waals surface area (Å²) in [5, 5.41) is 3.06. The minimum Gasteiger partial charge on any atom is -0.320 e. The van der Waals surface area contributed by atoms with Crippen LogP contribution in [0, 0.1) is 0 Å². The van der Waals surface area contributed by atoms with Gasteiger partial charge in [-0.1, -0.05) is 26.0 Å². The van der Waals surface area contributed by atoms with Crippen molar-refractivity contribution in [2.45, 2.75) is 58.0 Å². The molecule has 23 heavy (non-hydrogen) atoms. The molecular formula is C19H29N3O. The highest BCUT2D eigenvalue weighted by atomic mass is 16.2. The average Bonchev–Trinajstić information content (AvgIpc) is 3.16. The first-order valence-corrected chi connectivity index (χ1v) is 8.96. The van der Waals surface area contributed by atoms with Gasteiger partial charge < -0.3 is 10.2 Å². The smallest absolute Gasteiger partial charge is 0.320 e. The summed E-state index contributed by atoms with van der Waals surface area (Å²) in [6.07, 6.45) is 3.71. The van der Waals surface area contributed by atoms with Crippen molar-refractivity contribution in [2.75, 3.05) is 25.0 Å². The molecule has 2 aliphatic heterocycles. The molecule has 0 spiro atoms. The maximum Gasteiger partial charge on any atom is 0.322 e. The molecule has 3 rings (SSSR count). The van der Waals surface area contributed by atoms with Crippen LogP contribution in [0.1, 0.15) is 51.5 Å². The second-order valence-electron chi connectivity index (χ2n) is 7.34. The van der Waals surface area contributed by atoms with Gasteiger partial charge >= 0.3 is 6.03 Å². The molecule has 1 N–H and O–H groups in total. The number of urea groups is 1. The molecule has 4 nitrogen and oxygen atoms in total. The molecule has 1 aromatic carbocycles. The predicted octanol–water partition coefficient (Wildman–Crippen LogP) is 3.90. The second-order valence-corrected chi connectivity index (χ2v) is 7.34. The van der Waals surface area contributed by atoms with Gasteiger partial charge in [0.05, 0.1) is 0 Å². The van der Waals surface area contributed by atoms with Crippen molar-refractivity contribution in [1.82, 2.24) is 9.80 Å². The van der Waals surface area contributed by atoms with Gasteiger partial charge in [-0.15, -0.1) is 0 Å². The van der Waals surface area contributed by atoms with Gasteiger partial charge in [-0.2, -0.15) is 0 Å². The van der Waals surface area contributed by atoms with Gasteiger partial charge in [0.25, 0.3) is 0 Å². The predicted molar refractivity (Wildman–Crippen MR) is 94.9 cm³/mol. The highest BCUT2D eigenvalue weighted by Gasteiger charge is 2.36. The van der Waals surface area contributed by atoms with Crippen molar-refractivity contribution < 1.29 is 4.79 Å². The van der Waals surface area contributed by atoms with Crippen molar-refractivity contribution in [3.63, 3.8) is 0 Å². The van der Waals surface area contributed by atoms with E-state index >= 15 is 0 Å². The number of hydrogen-bond donors (Lipinski definition) is 1. The summed E-state index contributed by atoms with van der Waals surface area (Å²) in [6, 6.07) is 9.10. The maximum absolute atomic E-state index is 12.6. The topological polar surface area (TPSA) is 35.6 Å². The molecule has 4 heteroatoms. The Hall–Kier alpha value is -1.55. The van der Waals surface area contributed by atoms with E-state index in [0.29, 0.717) is 18.0 Å². The number of rotatable bonds is 3. The first-order chi connectivity index (χ1) is 11.0. The molecule has 1 aromatic rings. The summed E-state index contributed by atoms with van der Waals surface area (Å²) in [4.78, 5) is 17.2. The molecule has 0 radical (unpaired) electrons. The fourth-order valence-electron chi connectivity index (χ4n) is 3.80. The Morgan fingerprint density at radius 2 is 1.83 bits per heavy atom. The summed E-state index contributed by atoms with van der Waals surface area (Å²) in [5.41, 5.74) is 2.18. The van der Waals surface area contributed by atoms with E-state index in [2.05, 4.69) is 43.1 Å². The number of amides is 2. The number of likely N-dealkylation sites (tertiary alicyclic amines) is 2. The largest absolute Gasteiger partial charge is 0.322 e. The minimum absolute atomic E-state index is 0.0384. The van der Waals surface area contributed by atoms with Crippen molar-refractivity contribution >= 4 is 11.7 Å². The van der Waals surface area contributed by atoms with Crippen LogP contribution in [0.3, 0.4) is 0 Å². The molecule has 126 valence electrons. The number of nitrogens with zero attached hydrogens (tertiary/aromatic N) is 2. The Bertz CT molecular complexity index is 534. The van der Waals surface area contributed by atoms with E-state index in [4.69, 9.17) is 0 Å². The maximum atomic E-state index is 12.6. The van der Waals surface area contributed by atoms with Crippen LogP contribution >= 0.6 is 0 Å². The normalized spacial score (nSPS) is 25.3. The Morgan fingerprint density at radius 1 is 1.17 bits per heavy atom. The van der Waals surface area contributed by atoms with Crippen LogP contribution in [0.15, 0.2) is 24.3 Å². The molecule has 2 fully saturated rings. The zero-order valence-corrected chi connectivity index (χ0v) is 14.6. The fourth-order valence-corrected chi connectivity index (χ4v) is 3.80. The number of carbonyl (C=O) groups excluding carboxylic acids is 1. The van der Waals surface area contributed by atoms with E-state index in [1.807, 2.05) is 17.0 Å². The highest BCUT2D eigenvalue weighted by Crippen LogP contribution is 2.26. The van der Waals surface area contributed by atoms with Gasteiger partial charge in [0.2, 0.25) is 0 Å². The number of carbonyl (C=O) groups is 1. The zero-order chi connectivity index (χ0) is 16.4. The number of benzene rings is 1. The summed E-state index contributed by atoms with van der Waals surface area (Å²) in [5.74, 6) is 0.513. The third-order valence-corrected chi connectivity index (χ3v) is 5.30. The lowest BCUT2D eigenvalue weighted by atomic mass is 10.0. The first kappa shape index (κ1) is 16.3. The highest BCUT2D eigenvalue weighted by molar-refractivity contribution is 5.89. The molecule has 2 amide bonds. The van der Waals surface area contributed by atoms with Crippen molar-refractivity contribution in [2.24, 2.45) is 0 Å². The lowest BCUT2D eigenvalue weighted by Crippen LogP contribution is -2.40. The summed E-state index contributed by atoms with van der Waals surface area (Å²) >= 11 is 0. The third-order valence-electron chi connectivity index (χ3n) is 5.30. The molecule has 2 unspecified atom stereocenters. The van der Waals surface area contributed by atoms with E-state index in [-0.39, 0.29) is 6.03 Å². The van der Waals surface area contributed by atoms with Gasteiger partial charge in [-0.05, 0) is 62.9 Å². The summed E-state index contributed by atoms with van der Waals surface area (Å²) in [6.45, 7) is 9.78. The number of nitrogens with one attached hydrogen (secondary N) is 1. The van der Waals surface area contributed by atoms with E-state index in [9.17, 15) is 4.79 Å². The fraction of sp³-hybridized carbons (Fsp3) is 0.632.